The zero-order chi connectivity index (χ0) is 13.7. The van der Waals surface area contributed by atoms with Crippen molar-refractivity contribution in [2.24, 2.45) is 11.8 Å². The maximum Gasteiger partial charge on any atom is 0.00227 e. The normalized spacial score (nSPS) is 13.3. The maximum atomic E-state index is 3.60. The third kappa shape index (κ3) is 4.45. The molecule has 0 aromatic heterocycles. The molecule has 1 heteroatoms. The third-order valence-electron chi connectivity index (χ3n) is 3.68. The first-order valence-electron chi connectivity index (χ1n) is 7.19. The Morgan fingerprint density at radius 1 is 0.944 bits per heavy atom. The highest BCUT2D eigenvalue weighted by Crippen LogP contribution is 2.25. The van der Waals surface area contributed by atoms with Crippen LogP contribution in [0, 0.1) is 25.7 Å². The summed E-state index contributed by atoms with van der Waals surface area (Å²) in [5.74, 6) is 2.01. The molecular weight excluding hydrogens is 218 g/mol. The molecule has 0 aliphatic rings. The van der Waals surface area contributed by atoms with E-state index in [1.54, 1.807) is 0 Å². The Morgan fingerprint density at radius 3 is 2.11 bits per heavy atom. The second-order valence-corrected chi connectivity index (χ2v) is 6.25. The number of benzene rings is 1. The van der Waals surface area contributed by atoms with E-state index in [0.29, 0.717) is 11.8 Å². The van der Waals surface area contributed by atoms with Gasteiger partial charge >= 0.3 is 0 Å². The van der Waals surface area contributed by atoms with E-state index in [4.69, 9.17) is 0 Å². The van der Waals surface area contributed by atoms with Gasteiger partial charge in [0.2, 0.25) is 0 Å². The second-order valence-electron chi connectivity index (χ2n) is 6.25. The third-order valence-corrected chi connectivity index (χ3v) is 3.68. The highest BCUT2D eigenvalue weighted by atomic mass is 14.9. The topological polar surface area (TPSA) is 12.0 Å². The first-order chi connectivity index (χ1) is 8.41. The van der Waals surface area contributed by atoms with E-state index < -0.39 is 0 Å². The van der Waals surface area contributed by atoms with Gasteiger partial charge in [-0.2, -0.15) is 0 Å². The summed E-state index contributed by atoms with van der Waals surface area (Å²) in [6.45, 7) is 15.7. The summed E-state index contributed by atoms with van der Waals surface area (Å²) in [5, 5.41) is 3.60. The van der Waals surface area contributed by atoms with Crippen LogP contribution in [0.3, 0.4) is 0 Å². The predicted octanol–water partition coefficient (Wildman–Crippen LogP) is 4.29. The molecule has 0 spiro atoms. The lowest BCUT2D eigenvalue weighted by atomic mass is 9.87. The van der Waals surface area contributed by atoms with E-state index in [1.165, 1.54) is 16.7 Å². The molecule has 0 saturated heterocycles. The zero-order valence-electron chi connectivity index (χ0n) is 12.9. The van der Waals surface area contributed by atoms with Crippen molar-refractivity contribution in [1.82, 2.24) is 5.32 Å². The van der Waals surface area contributed by atoms with Crippen molar-refractivity contribution in [3.05, 3.63) is 34.9 Å². The van der Waals surface area contributed by atoms with E-state index in [1.807, 2.05) is 0 Å². The van der Waals surface area contributed by atoms with Gasteiger partial charge in [-0.1, -0.05) is 45.9 Å². The molecule has 0 saturated carbocycles. The molecule has 1 aromatic carbocycles. The summed E-state index contributed by atoms with van der Waals surface area (Å²) >= 11 is 0. The molecule has 0 heterocycles. The van der Waals surface area contributed by atoms with Crippen molar-refractivity contribution in [3.63, 3.8) is 0 Å². The predicted molar refractivity (Wildman–Crippen MR) is 81.2 cm³/mol. The maximum absolute atomic E-state index is 3.60. The SMILES string of the molecule is Cc1ccc(C(CNCC(C)C)C(C)C)cc1C. The van der Waals surface area contributed by atoms with E-state index in [2.05, 4.69) is 65.1 Å². The summed E-state index contributed by atoms with van der Waals surface area (Å²) in [4.78, 5) is 0. The van der Waals surface area contributed by atoms with E-state index in [0.717, 1.165) is 19.0 Å². The Bertz CT molecular complexity index is 366. The van der Waals surface area contributed by atoms with Crippen LogP contribution < -0.4 is 5.32 Å². The van der Waals surface area contributed by atoms with Gasteiger partial charge in [-0.15, -0.1) is 0 Å². The average Bonchev–Trinajstić information content (AvgIpc) is 2.27. The number of hydrogen-bond donors (Lipinski definition) is 1. The van der Waals surface area contributed by atoms with Crippen molar-refractivity contribution in [2.75, 3.05) is 13.1 Å². The van der Waals surface area contributed by atoms with Crippen LogP contribution in [-0.4, -0.2) is 13.1 Å². The number of aryl methyl sites for hydroxylation is 2. The van der Waals surface area contributed by atoms with Gasteiger partial charge in [0.05, 0.1) is 0 Å². The van der Waals surface area contributed by atoms with Crippen LogP contribution in [0.2, 0.25) is 0 Å². The van der Waals surface area contributed by atoms with Crippen LogP contribution >= 0.6 is 0 Å². The fourth-order valence-electron chi connectivity index (χ4n) is 2.26. The van der Waals surface area contributed by atoms with Gasteiger partial charge < -0.3 is 5.32 Å². The second kappa shape index (κ2) is 6.94. The summed E-state index contributed by atoms with van der Waals surface area (Å²) in [6, 6.07) is 6.91. The number of rotatable bonds is 6. The summed E-state index contributed by atoms with van der Waals surface area (Å²) < 4.78 is 0. The fourth-order valence-corrected chi connectivity index (χ4v) is 2.26. The highest BCUT2D eigenvalue weighted by molar-refractivity contribution is 5.32. The molecule has 1 N–H and O–H groups in total. The minimum absolute atomic E-state index is 0.614. The largest absolute Gasteiger partial charge is 0.316 e. The molecule has 0 bridgehead atoms. The number of hydrogen-bond acceptors (Lipinski definition) is 1. The molecule has 102 valence electrons. The molecule has 0 aliphatic carbocycles. The zero-order valence-corrected chi connectivity index (χ0v) is 12.9. The van der Waals surface area contributed by atoms with E-state index in [9.17, 15) is 0 Å². The van der Waals surface area contributed by atoms with Crippen molar-refractivity contribution >= 4 is 0 Å². The van der Waals surface area contributed by atoms with Gasteiger partial charge in [-0.05, 0) is 54.8 Å². The molecule has 1 rings (SSSR count). The first kappa shape index (κ1) is 15.2. The molecule has 1 aromatic rings. The minimum Gasteiger partial charge on any atom is -0.316 e. The van der Waals surface area contributed by atoms with Gasteiger partial charge in [0.25, 0.3) is 0 Å². The lowest BCUT2D eigenvalue weighted by Gasteiger charge is -2.23. The van der Waals surface area contributed by atoms with Gasteiger partial charge in [-0.3, -0.25) is 0 Å². The molecule has 0 fully saturated rings. The average molecular weight is 247 g/mol. The van der Waals surface area contributed by atoms with Crippen LogP contribution in [0.1, 0.15) is 50.3 Å². The molecule has 0 radical (unpaired) electrons. The van der Waals surface area contributed by atoms with Crippen molar-refractivity contribution in [3.8, 4) is 0 Å². The summed E-state index contributed by atoms with van der Waals surface area (Å²) in [5.41, 5.74) is 4.27. The summed E-state index contributed by atoms with van der Waals surface area (Å²) in [6.07, 6.45) is 0. The van der Waals surface area contributed by atoms with Crippen LogP contribution in [0.5, 0.6) is 0 Å². The molecule has 0 aliphatic heterocycles. The standard InChI is InChI=1S/C17H29N/c1-12(2)10-18-11-17(13(3)4)16-8-7-14(5)15(6)9-16/h7-9,12-13,17-18H,10-11H2,1-6H3. The van der Waals surface area contributed by atoms with Crippen LogP contribution in [-0.2, 0) is 0 Å². The Labute approximate surface area is 113 Å². The van der Waals surface area contributed by atoms with Gasteiger partial charge in [0.1, 0.15) is 0 Å². The van der Waals surface area contributed by atoms with E-state index in [-0.39, 0.29) is 0 Å². The fraction of sp³-hybridized carbons (Fsp3) is 0.647. The lowest BCUT2D eigenvalue weighted by Crippen LogP contribution is -2.27. The summed E-state index contributed by atoms with van der Waals surface area (Å²) in [7, 11) is 0. The quantitative estimate of drug-likeness (QED) is 0.791. The molecule has 18 heavy (non-hydrogen) atoms. The van der Waals surface area contributed by atoms with E-state index >= 15 is 0 Å². The molecule has 1 unspecified atom stereocenters. The minimum atomic E-state index is 0.614. The number of nitrogens with one attached hydrogen (secondary N) is 1. The Balaban J connectivity index is 2.74. The van der Waals surface area contributed by atoms with Gasteiger partial charge in [0, 0.05) is 6.54 Å². The van der Waals surface area contributed by atoms with Crippen molar-refractivity contribution in [2.45, 2.75) is 47.5 Å². The van der Waals surface area contributed by atoms with Crippen molar-refractivity contribution in [1.29, 1.82) is 0 Å². The van der Waals surface area contributed by atoms with Crippen LogP contribution in [0.25, 0.3) is 0 Å². The molecule has 1 nitrogen and oxygen atoms in total. The van der Waals surface area contributed by atoms with Gasteiger partial charge in [0.15, 0.2) is 0 Å². The Kier molecular flexibility index (Phi) is 5.87. The monoisotopic (exact) mass is 247 g/mol. The first-order valence-corrected chi connectivity index (χ1v) is 7.19. The molecule has 0 amide bonds. The Morgan fingerprint density at radius 2 is 1.61 bits per heavy atom. The lowest BCUT2D eigenvalue weighted by molar-refractivity contribution is 0.442. The molecular formula is C17H29N. The highest BCUT2D eigenvalue weighted by Gasteiger charge is 2.16. The Hall–Kier alpha value is -0.820. The van der Waals surface area contributed by atoms with Crippen LogP contribution in [0.4, 0.5) is 0 Å². The smallest absolute Gasteiger partial charge is 0.00227 e. The van der Waals surface area contributed by atoms with Crippen molar-refractivity contribution < 1.29 is 0 Å². The van der Waals surface area contributed by atoms with Gasteiger partial charge in [-0.25, -0.2) is 0 Å². The molecule has 1 atom stereocenters. The van der Waals surface area contributed by atoms with Crippen LogP contribution in [0.15, 0.2) is 18.2 Å².